The number of rotatable bonds is 3. The summed E-state index contributed by atoms with van der Waals surface area (Å²) in [5.74, 6) is 1.76. The van der Waals surface area contributed by atoms with Gasteiger partial charge in [-0.05, 0) is 61.6 Å². The van der Waals surface area contributed by atoms with Crippen LogP contribution in [-0.4, -0.2) is 36.6 Å². The molecule has 1 unspecified atom stereocenters. The summed E-state index contributed by atoms with van der Waals surface area (Å²) in [6, 6.07) is 10.4. The zero-order valence-electron chi connectivity index (χ0n) is 14.5. The Balaban J connectivity index is 1.56. The van der Waals surface area contributed by atoms with Gasteiger partial charge in [-0.3, -0.25) is 4.79 Å². The van der Waals surface area contributed by atoms with Crippen LogP contribution >= 0.6 is 11.3 Å². The average Bonchev–Trinajstić information content (AvgIpc) is 3.17. The molecule has 2 aliphatic heterocycles. The number of piperidine rings is 1. The Labute approximate surface area is 152 Å². The molecule has 0 spiro atoms. The number of likely N-dealkylation sites (tertiary alicyclic amines) is 1. The van der Waals surface area contributed by atoms with Crippen LogP contribution in [0.2, 0.25) is 0 Å². The standard InChI is InChI=1S/C20H23NO3S/c1-2-15-5-3-4-10-21(15)20(22)19-9-8-18(25-19)14-6-7-16-17(13-14)24-12-11-23-16/h6-9,13,15H,2-5,10-12H2,1H3. The fourth-order valence-corrected chi connectivity index (χ4v) is 4.60. The smallest absolute Gasteiger partial charge is 0.264 e. The fourth-order valence-electron chi connectivity index (χ4n) is 3.64. The molecule has 1 saturated heterocycles. The molecule has 1 amide bonds. The molecule has 0 N–H and O–H groups in total. The van der Waals surface area contributed by atoms with Gasteiger partial charge >= 0.3 is 0 Å². The van der Waals surface area contributed by atoms with E-state index in [1.54, 1.807) is 11.3 Å². The van der Waals surface area contributed by atoms with Crippen molar-refractivity contribution in [3.8, 4) is 21.9 Å². The first-order chi connectivity index (χ1) is 12.3. The molecule has 0 saturated carbocycles. The summed E-state index contributed by atoms with van der Waals surface area (Å²) in [6.07, 6.45) is 4.51. The van der Waals surface area contributed by atoms with Crippen molar-refractivity contribution in [1.82, 2.24) is 4.90 Å². The Bertz CT molecular complexity index is 770. The third kappa shape index (κ3) is 3.25. The number of amides is 1. The molecule has 1 aromatic carbocycles. The number of ether oxygens (including phenoxy) is 2. The molecule has 2 aliphatic rings. The first-order valence-corrected chi connectivity index (χ1v) is 9.88. The van der Waals surface area contributed by atoms with Crippen molar-refractivity contribution >= 4 is 17.2 Å². The van der Waals surface area contributed by atoms with E-state index in [0.29, 0.717) is 19.3 Å². The Hall–Kier alpha value is -2.01. The highest BCUT2D eigenvalue weighted by Gasteiger charge is 2.27. The first kappa shape index (κ1) is 16.5. The second-order valence-corrected chi connectivity index (χ2v) is 7.66. The van der Waals surface area contributed by atoms with E-state index >= 15 is 0 Å². The third-order valence-electron chi connectivity index (χ3n) is 5.00. The van der Waals surface area contributed by atoms with E-state index in [4.69, 9.17) is 9.47 Å². The molecule has 3 heterocycles. The Kier molecular flexibility index (Phi) is 4.66. The van der Waals surface area contributed by atoms with Gasteiger partial charge in [0.05, 0.1) is 4.88 Å². The lowest BCUT2D eigenvalue weighted by molar-refractivity contribution is 0.0613. The monoisotopic (exact) mass is 357 g/mol. The SMILES string of the molecule is CCC1CCCCN1C(=O)c1ccc(-c2ccc3c(c2)OCCO3)s1. The highest BCUT2D eigenvalue weighted by atomic mass is 32.1. The molecule has 2 aromatic rings. The molecule has 4 nitrogen and oxygen atoms in total. The van der Waals surface area contributed by atoms with Gasteiger partial charge in [0.25, 0.3) is 5.91 Å². The highest BCUT2D eigenvalue weighted by Crippen LogP contribution is 2.37. The Morgan fingerprint density at radius 2 is 2.00 bits per heavy atom. The topological polar surface area (TPSA) is 38.8 Å². The second kappa shape index (κ2) is 7.08. The minimum absolute atomic E-state index is 0.181. The maximum Gasteiger partial charge on any atom is 0.264 e. The Morgan fingerprint density at radius 3 is 2.84 bits per heavy atom. The van der Waals surface area contributed by atoms with Crippen LogP contribution in [0.15, 0.2) is 30.3 Å². The van der Waals surface area contributed by atoms with Crippen molar-refractivity contribution in [3.63, 3.8) is 0 Å². The summed E-state index contributed by atoms with van der Waals surface area (Å²) in [4.78, 5) is 16.9. The van der Waals surface area contributed by atoms with Crippen LogP contribution in [-0.2, 0) is 0 Å². The number of nitrogens with zero attached hydrogens (tertiary/aromatic N) is 1. The van der Waals surface area contributed by atoms with Crippen molar-refractivity contribution in [1.29, 1.82) is 0 Å². The molecule has 1 aromatic heterocycles. The maximum atomic E-state index is 12.9. The summed E-state index contributed by atoms with van der Waals surface area (Å²) in [7, 11) is 0. The molecule has 0 bridgehead atoms. The lowest BCUT2D eigenvalue weighted by atomic mass is 10.00. The van der Waals surface area contributed by atoms with Crippen molar-refractivity contribution < 1.29 is 14.3 Å². The molecule has 0 aliphatic carbocycles. The molecule has 1 atom stereocenters. The number of hydrogen-bond donors (Lipinski definition) is 0. The van der Waals surface area contributed by atoms with E-state index < -0.39 is 0 Å². The minimum Gasteiger partial charge on any atom is -0.486 e. The van der Waals surface area contributed by atoms with Gasteiger partial charge in [0.2, 0.25) is 0 Å². The van der Waals surface area contributed by atoms with E-state index in [1.807, 2.05) is 30.3 Å². The van der Waals surface area contributed by atoms with Crippen LogP contribution in [0.4, 0.5) is 0 Å². The third-order valence-corrected chi connectivity index (χ3v) is 6.13. The fraction of sp³-hybridized carbons (Fsp3) is 0.450. The Morgan fingerprint density at radius 1 is 1.16 bits per heavy atom. The summed E-state index contributed by atoms with van der Waals surface area (Å²) in [6.45, 7) is 4.23. The van der Waals surface area contributed by atoms with Crippen LogP contribution in [0.5, 0.6) is 11.5 Å². The van der Waals surface area contributed by atoms with E-state index in [1.165, 1.54) is 6.42 Å². The van der Waals surface area contributed by atoms with Gasteiger partial charge in [-0.15, -0.1) is 11.3 Å². The summed E-state index contributed by atoms with van der Waals surface area (Å²) in [5.41, 5.74) is 1.07. The first-order valence-electron chi connectivity index (χ1n) is 9.07. The lowest BCUT2D eigenvalue weighted by Gasteiger charge is -2.35. The second-order valence-electron chi connectivity index (χ2n) is 6.58. The van der Waals surface area contributed by atoms with E-state index in [-0.39, 0.29) is 5.91 Å². The molecule has 4 rings (SSSR count). The van der Waals surface area contributed by atoms with Crippen LogP contribution in [0.1, 0.15) is 42.3 Å². The van der Waals surface area contributed by atoms with Gasteiger partial charge in [0.1, 0.15) is 13.2 Å². The number of carbonyl (C=O) groups is 1. The molecular formula is C20H23NO3S. The maximum absolute atomic E-state index is 12.9. The summed E-state index contributed by atoms with van der Waals surface area (Å²) < 4.78 is 11.2. The normalized spacial score (nSPS) is 19.7. The van der Waals surface area contributed by atoms with Gasteiger partial charge in [0, 0.05) is 17.5 Å². The van der Waals surface area contributed by atoms with E-state index in [2.05, 4.69) is 11.8 Å². The minimum atomic E-state index is 0.181. The molecule has 5 heteroatoms. The largest absolute Gasteiger partial charge is 0.486 e. The van der Waals surface area contributed by atoms with Crippen LogP contribution in [0.25, 0.3) is 10.4 Å². The van der Waals surface area contributed by atoms with Crippen LogP contribution in [0.3, 0.4) is 0 Å². The number of carbonyl (C=O) groups excluding carboxylic acids is 1. The highest BCUT2D eigenvalue weighted by molar-refractivity contribution is 7.17. The van der Waals surface area contributed by atoms with Gasteiger partial charge in [-0.2, -0.15) is 0 Å². The molecule has 132 valence electrons. The number of hydrogen-bond acceptors (Lipinski definition) is 4. The molecule has 25 heavy (non-hydrogen) atoms. The average molecular weight is 357 g/mol. The number of benzene rings is 1. The van der Waals surface area contributed by atoms with Crippen molar-refractivity contribution in [3.05, 3.63) is 35.2 Å². The molecule has 1 fully saturated rings. The quantitative estimate of drug-likeness (QED) is 0.806. The molecule has 0 radical (unpaired) electrons. The summed E-state index contributed by atoms with van der Waals surface area (Å²) in [5, 5.41) is 0. The molecular weight excluding hydrogens is 334 g/mol. The van der Waals surface area contributed by atoms with E-state index in [0.717, 1.165) is 52.6 Å². The summed E-state index contributed by atoms with van der Waals surface area (Å²) >= 11 is 1.56. The van der Waals surface area contributed by atoms with Gasteiger partial charge < -0.3 is 14.4 Å². The predicted molar refractivity (Wildman–Crippen MR) is 99.7 cm³/mol. The predicted octanol–water partition coefficient (Wildman–Crippen LogP) is 4.59. The number of fused-ring (bicyclic) bond motifs is 1. The van der Waals surface area contributed by atoms with Crippen molar-refractivity contribution in [2.75, 3.05) is 19.8 Å². The van der Waals surface area contributed by atoms with Gasteiger partial charge in [-0.1, -0.05) is 6.92 Å². The van der Waals surface area contributed by atoms with Crippen LogP contribution in [0, 0.1) is 0 Å². The van der Waals surface area contributed by atoms with Crippen molar-refractivity contribution in [2.45, 2.75) is 38.6 Å². The van der Waals surface area contributed by atoms with Gasteiger partial charge in [-0.25, -0.2) is 0 Å². The number of thiophene rings is 1. The zero-order valence-corrected chi connectivity index (χ0v) is 15.3. The van der Waals surface area contributed by atoms with Crippen molar-refractivity contribution in [2.24, 2.45) is 0 Å². The zero-order chi connectivity index (χ0) is 17.2. The van der Waals surface area contributed by atoms with Gasteiger partial charge in [0.15, 0.2) is 11.5 Å². The van der Waals surface area contributed by atoms with E-state index in [9.17, 15) is 4.79 Å². The van der Waals surface area contributed by atoms with Crippen LogP contribution < -0.4 is 9.47 Å². The lowest BCUT2D eigenvalue weighted by Crippen LogP contribution is -2.43.